The van der Waals surface area contributed by atoms with Crippen molar-refractivity contribution in [3.8, 4) is 17.0 Å². The van der Waals surface area contributed by atoms with Crippen LogP contribution in [-0.2, 0) is 0 Å². The second-order valence-electron chi connectivity index (χ2n) is 6.53. The van der Waals surface area contributed by atoms with Gasteiger partial charge in [0.05, 0.1) is 18.5 Å². The van der Waals surface area contributed by atoms with Crippen LogP contribution in [0, 0.1) is 0 Å². The minimum absolute atomic E-state index is 0.181. The highest BCUT2D eigenvalue weighted by molar-refractivity contribution is 6.00. The molecule has 0 radical (unpaired) electrons. The number of aromatic nitrogens is 4. The van der Waals surface area contributed by atoms with Crippen molar-refractivity contribution in [1.82, 2.24) is 25.1 Å². The Bertz CT molecular complexity index is 1010. The van der Waals surface area contributed by atoms with Crippen molar-refractivity contribution in [1.29, 1.82) is 0 Å². The summed E-state index contributed by atoms with van der Waals surface area (Å²) in [5, 5.41) is 8.89. The number of ether oxygens (including phenoxy) is 1. The third-order valence-electron chi connectivity index (χ3n) is 4.88. The molecule has 3 aromatic rings. The summed E-state index contributed by atoms with van der Waals surface area (Å²) in [6.07, 6.45) is 3.52. The van der Waals surface area contributed by atoms with Crippen LogP contribution in [0.15, 0.2) is 24.5 Å². The van der Waals surface area contributed by atoms with Gasteiger partial charge in [-0.15, -0.1) is 0 Å². The number of fused-ring (bicyclic) bond motifs is 1. The van der Waals surface area contributed by atoms with Gasteiger partial charge in [0.1, 0.15) is 23.6 Å². The molecule has 1 aromatic carbocycles. The first-order valence-electron chi connectivity index (χ1n) is 8.77. The molecule has 1 aliphatic heterocycles. The number of primary amides is 1. The lowest BCUT2D eigenvalue weighted by Gasteiger charge is -2.23. The van der Waals surface area contributed by atoms with E-state index in [0.717, 1.165) is 25.9 Å². The Hall–Kier alpha value is -3.20. The maximum atomic E-state index is 11.5. The van der Waals surface area contributed by atoms with Crippen molar-refractivity contribution in [2.45, 2.75) is 18.9 Å². The van der Waals surface area contributed by atoms with Crippen LogP contribution >= 0.6 is 0 Å². The van der Waals surface area contributed by atoms with Gasteiger partial charge in [-0.05, 0) is 37.6 Å². The van der Waals surface area contributed by atoms with Gasteiger partial charge in [-0.2, -0.15) is 5.10 Å². The lowest BCUT2D eigenvalue weighted by Crippen LogP contribution is -2.32. The smallest absolute Gasteiger partial charge is 0.248 e. The molecule has 1 fully saturated rings. The summed E-state index contributed by atoms with van der Waals surface area (Å²) in [6.45, 7) is 1.82. The van der Waals surface area contributed by atoms with Crippen molar-refractivity contribution < 1.29 is 9.53 Å². The van der Waals surface area contributed by atoms with Crippen LogP contribution in [0.3, 0.4) is 0 Å². The van der Waals surface area contributed by atoms with E-state index >= 15 is 0 Å². The van der Waals surface area contributed by atoms with Crippen LogP contribution < -0.4 is 21.5 Å². The molecule has 4 rings (SSSR count). The van der Waals surface area contributed by atoms with Crippen molar-refractivity contribution in [2.75, 3.05) is 25.9 Å². The largest absolute Gasteiger partial charge is 0.496 e. The minimum Gasteiger partial charge on any atom is -0.496 e. The van der Waals surface area contributed by atoms with Crippen LogP contribution in [-0.4, -0.2) is 45.9 Å². The van der Waals surface area contributed by atoms with Crippen molar-refractivity contribution in [2.24, 2.45) is 5.73 Å². The zero-order valence-electron chi connectivity index (χ0n) is 15.0. The van der Waals surface area contributed by atoms with E-state index in [-0.39, 0.29) is 6.04 Å². The molecule has 0 unspecified atom stereocenters. The summed E-state index contributed by atoms with van der Waals surface area (Å²) in [6, 6.07) is 5.19. The van der Waals surface area contributed by atoms with Crippen molar-refractivity contribution in [3.05, 3.63) is 30.1 Å². The van der Waals surface area contributed by atoms with Gasteiger partial charge in [-0.3, -0.25) is 4.79 Å². The summed E-state index contributed by atoms with van der Waals surface area (Å²) in [5.74, 6) is 0.320. The zero-order chi connectivity index (χ0) is 19.0. The molecule has 1 saturated heterocycles. The van der Waals surface area contributed by atoms with E-state index in [9.17, 15) is 4.79 Å². The number of amides is 1. The van der Waals surface area contributed by atoms with Crippen molar-refractivity contribution in [3.63, 3.8) is 0 Å². The van der Waals surface area contributed by atoms with Gasteiger partial charge in [0.15, 0.2) is 5.65 Å². The molecule has 3 heterocycles. The predicted molar refractivity (Wildman–Crippen MR) is 101 cm³/mol. The second kappa shape index (κ2) is 6.84. The Morgan fingerprint density at radius 2 is 2.22 bits per heavy atom. The van der Waals surface area contributed by atoms with Crippen molar-refractivity contribution >= 4 is 22.8 Å². The van der Waals surface area contributed by atoms with E-state index in [1.165, 1.54) is 13.4 Å². The molecule has 1 amide bonds. The van der Waals surface area contributed by atoms with E-state index in [1.807, 2.05) is 4.68 Å². The number of anilines is 1. The quantitative estimate of drug-likeness (QED) is 0.629. The average Bonchev–Trinajstić information content (AvgIpc) is 3.09. The van der Waals surface area contributed by atoms with Crippen LogP contribution in [0.2, 0.25) is 0 Å². The molecule has 27 heavy (non-hydrogen) atoms. The van der Waals surface area contributed by atoms with E-state index in [0.29, 0.717) is 39.4 Å². The monoisotopic (exact) mass is 367 g/mol. The normalized spacial score (nSPS) is 17.1. The van der Waals surface area contributed by atoms with Gasteiger partial charge >= 0.3 is 0 Å². The fourth-order valence-electron chi connectivity index (χ4n) is 3.52. The first kappa shape index (κ1) is 17.2. The standard InChI is InChI=1S/C18H21N7O2/c1-27-13-7-10(17(20)26)4-5-12(13)15-14-16(19)22-9-23-18(14)25(24-15)11-3-2-6-21-8-11/h4-5,7,9,11,21H,2-3,6,8H2,1H3,(H2,20,26)(H2,19,22,23)/t11-/m1/s1. The van der Waals surface area contributed by atoms with Gasteiger partial charge in [-0.25, -0.2) is 14.6 Å². The highest BCUT2D eigenvalue weighted by Gasteiger charge is 2.25. The maximum absolute atomic E-state index is 11.5. The summed E-state index contributed by atoms with van der Waals surface area (Å²) in [5.41, 5.74) is 13.9. The number of nitrogens with two attached hydrogens (primary N) is 2. The number of carbonyl (C=O) groups is 1. The Kier molecular flexibility index (Phi) is 4.36. The molecule has 0 saturated carbocycles. The number of nitrogens with one attached hydrogen (secondary N) is 1. The first-order chi connectivity index (χ1) is 13.1. The van der Waals surface area contributed by atoms with Crippen LogP contribution in [0.5, 0.6) is 5.75 Å². The van der Waals surface area contributed by atoms with Gasteiger partial charge in [0.25, 0.3) is 0 Å². The first-order valence-corrected chi connectivity index (χ1v) is 8.77. The summed E-state index contributed by atoms with van der Waals surface area (Å²) < 4.78 is 7.40. The highest BCUT2D eigenvalue weighted by atomic mass is 16.5. The average molecular weight is 367 g/mol. The number of hydrogen-bond acceptors (Lipinski definition) is 7. The molecule has 140 valence electrons. The molecular weight excluding hydrogens is 346 g/mol. The number of benzene rings is 1. The third kappa shape index (κ3) is 2.95. The summed E-state index contributed by atoms with van der Waals surface area (Å²) in [7, 11) is 1.54. The summed E-state index contributed by atoms with van der Waals surface area (Å²) >= 11 is 0. The SMILES string of the molecule is COc1cc(C(N)=O)ccc1-c1nn([C@@H]2CCCNC2)c2ncnc(N)c12. The maximum Gasteiger partial charge on any atom is 0.248 e. The minimum atomic E-state index is -0.522. The molecule has 5 N–H and O–H groups in total. The van der Waals surface area contributed by atoms with Gasteiger partial charge in [0, 0.05) is 17.7 Å². The van der Waals surface area contributed by atoms with Crippen LogP contribution in [0.1, 0.15) is 29.2 Å². The fourth-order valence-corrected chi connectivity index (χ4v) is 3.52. The number of nitrogen functional groups attached to an aromatic ring is 1. The molecular formula is C18H21N7O2. The van der Waals surface area contributed by atoms with Gasteiger partial charge in [0.2, 0.25) is 5.91 Å². The molecule has 9 nitrogen and oxygen atoms in total. The number of hydrogen-bond donors (Lipinski definition) is 3. The molecule has 2 aromatic heterocycles. The van der Waals surface area contributed by atoms with E-state index in [4.69, 9.17) is 21.3 Å². The Balaban J connectivity index is 1.93. The van der Waals surface area contributed by atoms with E-state index < -0.39 is 5.91 Å². The lowest BCUT2D eigenvalue weighted by atomic mass is 10.0. The van der Waals surface area contributed by atoms with Crippen LogP contribution in [0.4, 0.5) is 5.82 Å². The number of piperidine rings is 1. The Labute approximate surface area is 155 Å². The molecule has 9 heteroatoms. The fraction of sp³-hybridized carbons (Fsp3) is 0.333. The second-order valence-corrected chi connectivity index (χ2v) is 6.53. The van der Waals surface area contributed by atoms with Gasteiger partial charge in [-0.1, -0.05) is 0 Å². The summed E-state index contributed by atoms with van der Waals surface area (Å²) in [4.78, 5) is 20.1. The van der Waals surface area contributed by atoms with E-state index in [2.05, 4.69) is 15.3 Å². The highest BCUT2D eigenvalue weighted by Crippen LogP contribution is 2.37. The molecule has 0 bridgehead atoms. The number of methoxy groups -OCH3 is 1. The third-order valence-corrected chi connectivity index (χ3v) is 4.88. The number of carbonyl (C=O) groups excluding carboxylic acids is 1. The van der Waals surface area contributed by atoms with E-state index in [1.54, 1.807) is 18.2 Å². The number of rotatable bonds is 4. The Morgan fingerprint density at radius 1 is 1.37 bits per heavy atom. The molecule has 0 aliphatic carbocycles. The predicted octanol–water partition coefficient (Wildman–Crippen LogP) is 1.11. The molecule has 1 atom stereocenters. The zero-order valence-corrected chi connectivity index (χ0v) is 15.0. The van der Waals surface area contributed by atoms with Gasteiger partial charge < -0.3 is 21.5 Å². The lowest BCUT2D eigenvalue weighted by molar-refractivity contribution is 0.1000. The topological polar surface area (TPSA) is 134 Å². The molecule has 0 spiro atoms. The number of nitrogens with zero attached hydrogens (tertiary/aromatic N) is 4. The van der Waals surface area contributed by atoms with Crippen LogP contribution in [0.25, 0.3) is 22.3 Å². The molecule has 1 aliphatic rings. The Morgan fingerprint density at radius 3 is 2.93 bits per heavy atom.